The van der Waals surface area contributed by atoms with Crippen LogP contribution in [0.25, 0.3) is 10.9 Å². The fourth-order valence-electron chi connectivity index (χ4n) is 4.52. The second-order valence-electron chi connectivity index (χ2n) is 8.55. The van der Waals surface area contributed by atoms with Gasteiger partial charge in [0.2, 0.25) is 0 Å². The van der Waals surface area contributed by atoms with Crippen LogP contribution in [0.3, 0.4) is 0 Å². The number of ether oxygens (including phenoxy) is 2. The van der Waals surface area contributed by atoms with Crippen LogP contribution >= 0.6 is 23.2 Å². The molecule has 0 aliphatic carbocycles. The Bertz CT molecular complexity index is 1370. The Morgan fingerprint density at radius 3 is 2.33 bits per heavy atom. The zero-order valence-electron chi connectivity index (χ0n) is 19.2. The molecule has 0 saturated carbocycles. The summed E-state index contributed by atoms with van der Waals surface area (Å²) in [5, 5.41) is 20.9. The Labute approximate surface area is 217 Å². The molecule has 3 N–H and O–H groups in total. The number of aliphatic hydroxyl groups excluding tert-OH is 2. The minimum absolute atomic E-state index is 0.299. The van der Waals surface area contributed by atoms with Gasteiger partial charge in [-0.2, -0.15) is 0 Å². The molecule has 3 aromatic carbocycles. The molecular formula is C27H24Cl2N2O5. The van der Waals surface area contributed by atoms with Gasteiger partial charge in [0.1, 0.15) is 23.6 Å². The lowest BCUT2D eigenvalue weighted by atomic mass is 9.92. The Balaban J connectivity index is 1.52. The lowest BCUT2D eigenvalue weighted by Gasteiger charge is -2.35. The van der Waals surface area contributed by atoms with E-state index in [9.17, 15) is 15.0 Å². The highest BCUT2D eigenvalue weighted by Gasteiger charge is 2.35. The molecule has 0 radical (unpaired) electrons. The first-order valence-electron chi connectivity index (χ1n) is 11.5. The van der Waals surface area contributed by atoms with Crippen LogP contribution in [-0.2, 0) is 6.42 Å². The standard InChI is InChI=1S/C27H24Cl2N2O5/c28-17-3-8-20(9-4-17)36-27(34)31-12-11-22-23-13-18(29)5-10-24(23)30-25(22)26(31)16-1-6-19(7-2-16)35-21(14-32)15-33/h1-10,13,21,26,30,32-33H,11-12,14-15H2. The van der Waals surface area contributed by atoms with Gasteiger partial charge in [0.25, 0.3) is 0 Å². The predicted octanol–water partition coefficient (Wildman–Crippen LogP) is 5.35. The molecule has 1 unspecified atom stereocenters. The Morgan fingerprint density at radius 1 is 0.972 bits per heavy atom. The predicted molar refractivity (Wildman–Crippen MR) is 138 cm³/mol. The number of nitrogens with zero attached hydrogens (tertiary/aromatic N) is 1. The summed E-state index contributed by atoms with van der Waals surface area (Å²) < 4.78 is 11.3. The van der Waals surface area contributed by atoms with Gasteiger partial charge in [-0.1, -0.05) is 35.3 Å². The van der Waals surface area contributed by atoms with Gasteiger partial charge in [-0.3, -0.25) is 4.90 Å². The second kappa shape index (κ2) is 10.4. The molecule has 36 heavy (non-hydrogen) atoms. The average molecular weight is 527 g/mol. The molecule has 0 bridgehead atoms. The number of aliphatic hydroxyl groups is 2. The van der Waals surface area contributed by atoms with E-state index in [1.807, 2.05) is 30.3 Å². The number of nitrogens with one attached hydrogen (secondary N) is 1. The van der Waals surface area contributed by atoms with Crippen molar-refractivity contribution in [1.29, 1.82) is 0 Å². The van der Waals surface area contributed by atoms with Gasteiger partial charge in [0.15, 0.2) is 0 Å². The van der Waals surface area contributed by atoms with E-state index in [2.05, 4.69) is 4.98 Å². The highest BCUT2D eigenvalue weighted by molar-refractivity contribution is 6.31. The van der Waals surface area contributed by atoms with Crippen LogP contribution in [-0.4, -0.2) is 52.1 Å². The third-order valence-electron chi connectivity index (χ3n) is 6.25. The van der Waals surface area contributed by atoms with E-state index >= 15 is 0 Å². The molecule has 0 fully saturated rings. The van der Waals surface area contributed by atoms with Gasteiger partial charge in [-0.15, -0.1) is 0 Å². The van der Waals surface area contributed by atoms with Crippen molar-refractivity contribution in [2.24, 2.45) is 0 Å². The molecule has 1 aliphatic heterocycles. The van der Waals surface area contributed by atoms with Crippen molar-refractivity contribution in [3.63, 3.8) is 0 Å². The summed E-state index contributed by atoms with van der Waals surface area (Å²) in [7, 11) is 0. The van der Waals surface area contributed by atoms with Crippen molar-refractivity contribution >= 4 is 40.2 Å². The number of halogens is 2. The number of aromatic nitrogens is 1. The average Bonchev–Trinajstić information content (AvgIpc) is 3.26. The molecule has 0 spiro atoms. The number of amides is 1. The summed E-state index contributed by atoms with van der Waals surface area (Å²) >= 11 is 12.2. The number of carbonyl (C=O) groups is 1. The Hall–Kier alpha value is -3.23. The number of H-pyrrole nitrogens is 1. The van der Waals surface area contributed by atoms with Crippen molar-refractivity contribution in [1.82, 2.24) is 9.88 Å². The number of hydrogen-bond acceptors (Lipinski definition) is 5. The third-order valence-corrected chi connectivity index (χ3v) is 6.74. The van der Waals surface area contributed by atoms with Gasteiger partial charge >= 0.3 is 6.09 Å². The molecule has 4 aromatic rings. The number of carbonyl (C=O) groups excluding carboxylic acids is 1. The number of benzene rings is 3. The van der Waals surface area contributed by atoms with Crippen LogP contribution in [0.5, 0.6) is 11.5 Å². The fraction of sp³-hybridized carbons (Fsp3) is 0.222. The van der Waals surface area contributed by atoms with Gasteiger partial charge in [0, 0.05) is 33.2 Å². The van der Waals surface area contributed by atoms with Gasteiger partial charge < -0.3 is 24.7 Å². The van der Waals surface area contributed by atoms with Crippen molar-refractivity contribution < 1.29 is 24.5 Å². The minimum Gasteiger partial charge on any atom is -0.486 e. The number of fused-ring (bicyclic) bond motifs is 3. The van der Waals surface area contributed by atoms with Gasteiger partial charge in [0.05, 0.1) is 13.2 Å². The maximum Gasteiger partial charge on any atom is 0.416 e. The summed E-state index contributed by atoms with van der Waals surface area (Å²) in [5.74, 6) is 0.904. The number of aromatic amines is 1. The van der Waals surface area contributed by atoms with E-state index in [-0.39, 0.29) is 13.2 Å². The van der Waals surface area contributed by atoms with E-state index in [1.54, 1.807) is 41.3 Å². The lowest BCUT2D eigenvalue weighted by Crippen LogP contribution is -2.42. The monoisotopic (exact) mass is 526 g/mol. The van der Waals surface area contributed by atoms with Crippen LogP contribution in [0.2, 0.25) is 10.0 Å². The van der Waals surface area contributed by atoms with Gasteiger partial charge in [-0.25, -0.2) is 4.79 Å². The Morgan fingerprint density at radius 2 is 1.64 bits per heavy atom. The molecule has 1 amide bonds. The molecule has 1 aromatic heterocycles. The lowest BCUT2D eigenvalue weighted by molar-refractivity contribution is 0.0629. The summed E-state index contributed by atoms with van der Waals surface area (Å²) in [6.07, 6.45) is -0.551. The zero-order valence-corrected chi connectivity index (χ0v) is 20.7. The Kier molecular flexibility index (Phi) is 7.07. The molecule has 1 aliphatic rings. The summed E-state index contributed by atoms with van der Waals surface area (Å²) in [4.78, 5) is 18.5. The minimum atomic E-state index is -0.707. The van der Waals surface area contributed by atoms with Crippen molar-refractivity contribution in [2.45, 2.75) is 18.6 Å². The highest BCUT2D eigenvalue weighted by Crippen LogP contribution is 2.40. The first-order chi connectivity index (χ1) is 17.5. The molecule has 9 heteroatoms. The maximum absolute atomic E-state index is 13.4. The van der Waals surface area contributed by atoms with Crippen LogP contribution < -0.4 is 9.47 Å². The maximum atomic E-state index is 13.4. The van der Waals surface area contributed by atoms with Crippen LogP contribution in [0.4, 0.5) is 4.79 Å². The van der Waals surface area contributed by atoms with Crippen molar-refractivity contribution in [2.75, 3.05) is 19.8 Å². The molecule has 186 valence electrons. The smallest absolute Gasteiger partial charge is 0.416 e. The summed E-state index contributed by atoms with van der Waals surface area (Å²) in [6.45, 7) is -0.155. The van der Waals surface area contributed by atoms with E-state index in [1.165, 1.54) is 0 Å². The number of rotatable bonds is 6. The molecule has 7 nitrogen and oxygen atoms in total. The molecular weight excluding hydrogens is 503 g/mol. The highest BCUT2D eigenvalue weighted by atomic mass is 35.5. The first-order valence-corrected chi connectivity index (χ1v) is 12.2. The van der Waals surface area contributed by atoms with Crippen molar-refractivity contribution in [3.05, 3.63) is 93.6 Å². The SMILES string of the molecule is O=C(Oc1ccc(Cl)cc1)N1CCc2c([nH]c3ccc(Cl)cc23)C1c1ccc(OC(CO)CO)cc1. The second-order valence-corrected chi connectivity index (χ2v) is 9.42. The van der Waals surface area contributed by atoms with E-state index in [0.29, 0.717) is 34.5 Å². The van der Waals surface area contributed by atoms with E-state index in [4.69, 9.17) is 32.7 Å². The number of hydrogen-bond donors (Lipinski definition) is 3. The van der Waals surface area contributed by atoms with Crippen LogP contribution in [0, 0.1) is 0 Å². The fourth-order valence-corrected chi connectivity index (χ4v) is 4.82. The third kappa shape index (κ3) is 4.88. The van der Waals surface area contributed by atoms with E-state index < -0.39 is 18.2 Å². The quantitative estimate of drug-likeness (QED) is 0.314. The van der Waals surface area contributed by atoms with Crippen molar-refractivity contribution in [3.8, 4) is 11.5 Å². The largest absolute Gasteiger partial charge is 0.486 e. The van der Waals surface area contributed by atoms with Gasteiger partial charge in [-0.05, 0) is 72.1 Å². The topological polar surface area (TPSA) is 95.0 Å². The van der Waals surface area contributed by atoms with E-state index in [0.717, 1.165) is 27.7 Å². The van der Waals surface area contributed by atoms with Crippen LogP contribution in [0.15, 0.2) is 66.7 Å². The molecule has 1 atom stereocenters. The van der Waals surface area contributed by atoms with Crippen LogP contribution in [0.1, 0.15) is 22.9 Å². The summed E-state index contributed by atoms with van der Waals surface area (Å²) in [5.41, 5.74) is 3.78. The normalized spacial score (nSPS) is 15.2. The molecule has 0 saturated heterocycles. The first kappa shape index (κ1) is 24.5. The summed E-state index contributed by atoms with van der Waals surface area (Å²) in [6, 6.07) is 19.1. The molecule has 2 heterocycles. The zero-order chi connectivity index (χ0) is 25.2. The molecule has 5 rings (SSSR count).